The van der Waals surface area contributed by atoms with Crippen LogP contribution in [0.5, 0.6) is 0 Å². The van der Waals surface area contributed by atoms with Crippen LogP contribution in [0.2, 0.25) is 0 Å². The van der Waals surface area contributed by atoms with Gasteiger partial charge in [-0.15, -0.1) is 5.14 Å². The number of nitrogens with one attached hydrogen (secondary N) is 1. The standard InChI is InChI=1S/C6H5FNO2S/c7-5-3-1-2-4-6(5)11(8,9)10/h1-4,8H. The fourth-order valence-corrected chi connectivity index (χ4v) is 1.25. The minimum absolute atomic E-state index is 0.583. The molecule has 0 aliphatic carbocycles. The summed E-state index contributed by atoms with van der Waals surface area (Å²) >= 11 is 0. The lowest BCUT2D eigenvalue weighted by atomic mass is 10.4. The Kier molecular flexibility index (Phi) is 1.92. The highest BCUT2D eigenvalue weighted by Crippen LogP contribution is 2.11. The molecule has 0 aromatic heterocycles. The van der Waals surface area contributed by atoms with Gasteiger partial charge in [-0.3, -0.25) is 0 Å². The second-order valence-corrected chi connectivity index (χ2v) is 3.38. The van der Waals surface area contributed by atoms with Gasteiger partial charge < -0.3 is 0 Å². The van der Waals surface area contributed by atoms with Crippen molar-refractivity contribution in [3.05, 3.63) is 30.1 Å². The highest BCUT2D eigenvalue weighted by Gasteiger charge is 2.12. The maximum Gasteiger partial charge on any atom is 0.257 e. The largest absolute Gasteiger partial charge is 0.257 e. The van der Waals surface area contributed by atoms with Gasteiger partial charge in [-0.1, -0.05) is 12.1 Å². The minimum Gasteiger partial charge on any atom is -0.206 e. The van der Waals surface area contributed by atoms with Gasteiger partial charge in [-0.05, 0) is 12.1 Å². The van der Waals surface area contributed by atoms with Gasteiger partial charge in [0.1, 0.15) is 10.7 Å². The van der Waals surface area contributed by atoms with Gasteiger partial charge >= 0.3 is 0 Å². The molecule has 0 atom stereocenters. The van der Waals surface area contributed by atoms with Gasteiger partial charge in [0.05, 0.1) is 0 Å². The van der Waals surface area contributed by atoms with Crippen LogP contribution in [0, 0.1) is 5.82 Å². The quantitative estimate of drug-likeness (QED) is 0.632. The molecule has 1 rings (SSSR count). The molecule has 0 fully saturated rings. The molecule has 0 saturated heterocycles. The van der Waals surface area contributed by atoms with Gasteiger partial charge in [0.2, 0.25) is 0 Å². The molecule has 1 N–H and O–H groups in total. The van der Waals surface area contributed by atoms with Crippen molar-refractivity contribution in [3.8, 4) is 0 Å². The van der Waals surface area contributed by atoms with E-state index in [4.69, 9.17) is 5.14 Å². The summed E-state index contributed by atoms with van der Waals surface area (Å²) in [7, 11) is -4.16. The Labute approximate surface area is 63.7 Å². The Morgan fingerprint density at radius 2 is 1.82 bits per heavy atom. The molecule has 1 aromatic carbocycles. The van der Waals surface area contributed by atoms with Gasteiger partial charge in [0.15, 0.2) is 0 Å². The number of hydrogen-bond donors (Lipinski definition) is 0. The van der Waals surface area contributed by atoms with E-state index in [0.717, 1.165) is 12.1 Å². The summed E-state index contributed by atoms with van der Waals surface area (Å²) in [6.07, 6.45) is 0. The van der Waals surface area contributed by atoms with E-state index in [2.05, 4.69) is 0 Å². The van der Waals surface area contributed by atoms with Crippen LogP contribution in [-0.4, -0.2) is 8.42 Å². The van der Waals surface area contributed by atoms with E-state index in [1.54, 1.807) is 0 Å². The average molecular weight is 174 g/mol. The fraction of sp³-hybridized carbons (Fsp3) is 0. The molecule has 0 unspecified atom stereocenters. The molecule has 0 aliphatic rings. The molecule has 1 aromatic rings. The lowest BCUT2D eigenvalue weighted by molar-refractivity contribution is 0.567. The molecule has 1 radical (unpaired) electrons. The molecule has 0 amide bonds. The van der Waals surface area contributed by atoms with Gasteiger partial charge in [-0.25, -0.2) is 12.8 Å². The molecule has 0 heterocycles. The number of sulfonamides is 1. The lowest BCUT2D eigenvalue weighted by Crippen LogP contribution is -2.02. The van der Waals surface area contributed by atoms with Crippen molar-refractivity contribution in [2.24, 2.45) is 0 Å². The summed E-state index contributed by atoms with van der Waals surface area (Å²) in [5.74, 6) is -0.887. The number of halogens is 1. The Morgan fingerprint density at radius 1 is 1.27 bits per heavy atom. The van der Waals surface area contributed by atoms with Gasteiger partial charge in [-0.2, -0.15) is 0 Å². The van der Waals surface area contributed by atoms with Crippen LogP contribution in [0.1, 0.15) is 0 Å². The summed E-state index contributed by atoms with van der Waals surface area (Å²) in [6.45, 7) is 0. The van der Waals surface area contributed by atoms with E-state index >= 15 is 0 Å². The van der Waals surface area contributed by atoms with E-state index in [-0.39, 0.29) is 0 Å². The van der Waals surface area contributed by atoms with E-state index < -0.39 is 20.7 Å². The molecular formula is C6H5FNO2S. The molecule has 5 heteroatoms. The minimum atomic E-state index is -4.16. The molecular weight excluding hydrogens is 169 g/mol. The van der Waals surface area contributed by atoms with Crippen LogP contribution >= 0.6 is 0 Å². The molecule has 0 aliphatic heterocycles. The summed E-state index contributed by atoms with van der Waals surface area (Å²) in [4.78, 5) is -0.583. The zero-order valence-corrected chi connectivity index (χ0v) is 6.23. The third kappa shape index (κ3) is 1.75. The van der Waals surface area contributed by atoms with Crippen molar-refractivity contribution in [3.63, 3.8) is 0 Å². The second-order valence-electron chi connectivity index (χ2n) is 1.93. The first-order chi connectivity index (χ1) is 5.02. The predicted octanol–water partition coefficient (Wildman–Crippen LogP) is 0.797. The first kappa shape index (κ1) is 8.16. The predicted molar refractivity (Wildman–Crippen MR) is 36.7 cm³/mol. The number of benzene rings is 1. The Bertz CT molecular complexity index is 361. The van der Waals surface area contributed by atoms with Crippen molar-refractivity contribution in [1.29, 1.82) is 0 Å². The summed E-state index contributed by atoms with van der Waals surface area (Å²) < 4.78 is 33.5. The van der Waals surface area contributed by atoms with Gasteiger partial charge in [0, 0.05) is 0 Å². The fourth-order valence-electron chi connectivity index (χ4n) is 0.663. The zero-order valence-electron chi connectivity index (χ0n) is 5.41. The highest BCUT2D eigenvalue weighted by molar-refractivity contribution is 7.88. The average Bonchev–Trinajstić information content (AvgIpc) is 1.86. The van der Waals surface area contributed by atoms with E-state index in [9.17, 15) is 12.8 Å². The van der Waals surface area contributed by atoms with E-state index in [1.165, 1.54) is 12.1 Å². The Balaban J connectivity index is 3.37. The third-order valence-electron chi connectivity index (χ3n) is 1.13. The van der Waals surface area contributed by atoms with Crippen molar-refractivity contribution in [1.82, 2.24) is 5.14 Å². The summed E-state index contributed by atoms with van der Waals surface area (Å²) in [6, 6.07) is 4.79. The summed E-state index contributed by atoms with van der Waals surface area (Å²) in [5, 5.41) is 6.55. The lowest BCUT2D eigenvalue weighted by Gasteiger charge is -1.96. The zero-order chi connectivity index (χ0) is 8.48. The molecule has 0 spiro atoms. The van der Waals surface area contributed by atoms with Crippen LogP contribution in [0.4, 0.5) is 4.39 Å². The number of rotatable bonds is 1. The first-order valence-electron chi connectivity index (χ1n) is 2.76. The van der Waals surface area contributed by atoms with Crippen LogP contribution in [0.25, 0.3) is 0 Å². The number of hydrogen-bond acceptors (Lipinski definition) is 2. The highest BCUT2D eigenvalue weighted by atomic mass is 32.2. The van der Waals surface area contributed by atoms with Crippen LogP contribution in [-0.2, 0) is 10.0 Å². The normalized spacial score (nSPS) is 11.5. The van der Waals surface area contributed by atoms with Crippen molar-refractivity contribution < 1.29 is 12.8 Å². The SMILES string of the molecule is [NH]S(=O)(=O)c1ccccc1F. The Morgan fingerprint density at radius 3 is 2.18 bits per heavy atom. The molecule has 59 valence electrons. The van der Waals surface area contributed by atoms with E-state index in [1.807, 2.05) is 0 Å². The molecule has 3 nitrogen and oxygen atoms in total. The Hall–Kier alpha value is -0.940. The second kappa shape index (κ2) is 2.60. The first-order valence-corrected chi connectivity index (χ1v) is 4.24. The maximum atomic E-state index is 12.6. The topological polar surface area (TPSA) is 57.9 Å². The summed E-state index contributed by atoms with van der Waals surface area (Å²) in [5.41, 5.74) is 0. The van der Waals surface area contributed by atoms with Crippen molar-refractivity contribution >= 4 is 10.0 Å². The smallest absolute Gasteiger partial charge is 0.206 e. The molecule has 11 heavy (non-hydrogen) atoms. The van der Waals surface area contributed by atoms with E-state index in [0.29, 0.717) is 0 Å². The molecule has 0 saturated carbocycles. The molecule has 0 bridgehead atoms. The monoisotopic (exact) mass is 174 g/mol. The van der Waals surface area contributed by atoms with Crippen LogP contribution in [0.3, 0.4) is 0 Å². The van der Waals surface area contributed by atoms with Crippen LogP contribution in [0.15, 0.2) is 29.2 Å². The maximum absolute atomic E-state index is 12.6. The van der Waals surface area contributed by atoms with Crippen molar-refractivity contribution in [2.45, 2.75) is 4.90 Å². The van der Waals surface area contributed by atoms with Crippen LogP contribution < -0.4 is 5.14 Å². The van der Waals surface area contributed by atoms with Crippen molar-refractivity contribution in [2.75, 3.05) is 0 Å². The third-order valence-corrected chi connectivity index (χ3v) is 2.04. The van der Waals surface area contributed by atoms with Gasteiger partial charge in [0.25, 0.3) is 10.0 Å².